The zero-order valence-corrected chi connectivity index (χ0v) is 7.93. The largest absolute Gasteiger partial charge is 0.481 e. The molecule has 5 heteroatoms. The summed E-state index contributed by atoms with van der Waals surface area (Å²) in [7, 11) is 0. The summed E-state index contributed by atoms with van der Waals surface area (Å²) in [5.41, 5.74) is -0.775. The molecule has 2 N–H and O–H groups in total. The molecule has 0 spiro atoms. The predicted molar refractivity (Wildman–Crippen MR) is 46.4 cm³/mol. The quantitative estimate of drug-likeness (QED) is 0.616. The van der Waals surface area contributed by atoms with E-state index in [0.29, 0.717) is 19.5 Å². The lowest BCUT2D eigenvalue weighted by Gasteiger charge is -2.44. The van der Waals surface area contributed by atoms with Crippen molar-refractivity contribution < 1.29 is 19.8 Å². The highest BCUT2D eigenvalue weighted by Crippen LogP contribution is 2.41. The number of rotatable bonds is 2. The second-order valence-corrected chi connectivity index (χ2v) is 4.48. The average molecular weight is 199 g/mol. The summed E-state index contributed by atoms with van der Waals surface area (Å²) in [5, 5.41) is 18.0. The van der Waals surface area contributed by atoms with Crippen LogP contribution in [-0.2, 0) is 9.59 Å². The van der Waals surface area contributed by atoms with E-state index >= 15 is 0 Å². The van der Waals surface area contributed by atoms with Crippen molar-refractivity contribution in [1.29, 1.82) is 0 Å². The maximum absolute atomic E-state index is 11.5. The predicted octanol–water partition coefficient (Wildman–Crippen LogP) is -0.700. The molecule has 2 aliphatic rings. The summed E-state index contributed by atoms with van der Waals surface area (Å²) < 4.78 is 0. The first-order valence-corrected chi connectivity index (χ1v) is 4.65. The van der Waals surface area contributed by atoms with Crippen LogP contribution in [0.1, 0.15) is 13.3 Å². The molecule has 0 bridgehead atoms. The van der Waals surface area contributed by atoms with Crippen LogP contribution in [0.25, 0.3) is 0 Å². The Morgan fingerprint density at radius 2 is 1.93 bits per heavy atom. The number of nitrogens with zero attached hydrogens (tertiary/aromatic N) is 1. The van der Waals surface area contributed by atoms with E-state index in [1.165, 1.54) is 4.90 Å². The Morgan fingerprint density at radius 1 is 1.36 bits per heavy atom. The zero-order valence-electron chi connectivity index (χ0n) is 7.93. The van der Waals surface area contributed by atoms with Gasteiger partial charge in [0.1, 0.15) is 0 Å². The van der Waals surface area contributed by atoms with Gasteiger partial charge in [-0.15, -0.1) is 0 Å². The number of hydrogen-bond donors (Lipinski definition) is 2. The highest BCUT2D eigenvalue weighted by atomic mass is 16.4. The molecule has 14 heavy (non-hydrogen) atoms. The molecule has 2 unspecified atom stereocenters. The average Bonchev–Trinajstić information content (AvgIpc) is 2.77. The van der Waals surface area contributed by atoms with Crippen LogP contribution in [0.3, 0.4) is 0 Å². The molecule has 0 aromatic carbocycles. The zero-order chi connectivity index (χ0) is 10.5. The number of β-amino-alcohol motifs (C(OH)–C–C–N with tert-alkyl or cyclic N) is 1. The van der Waals surface area contributed by atoms with Crippen LogP contribution in [0, 0.1) is 11.8 Å². The third kappa shape index (κ3) is 1.48. The maximum atomic E-state index is 11.5. The molecule has 2 fully saturated rings. The maximum Gasteiger partial charge on any atom is 0.307 e. The SMILES string of the molecule is CC1(O)CN(C(=O)C2CC2C(=O)O)C1. The van der Waals surface area contributed by atoms with Crippen LogP contribution in [0.4, 0.5) is 0 Å². The monoisotopic (exact) mass is 199 g/mol. The van der Waals surface area contributed by atoms with Crippen molar-refractivity contribution in [2.75, 3.05) is 13.1 Å². The Balaban J connectivity index is 1.85. The van der Waals surface area contributed by atoms with Gasteiger partial charge in [0.25, 0.3) is 0 Å². The first-order chi connectivity index (χ1) is 6.41. The van der Waals surface area contributed by atoms with Gasteiger partial charge in [0.05, 0.1) is 30.5 Å². The Bertz CT molecular complexity index is 291. The molecule has 2 atom stereocenters. The summed E-state index contributed by atoms with van der Waals surface area (Å²) in [5.74, 6) is -1.85. The summed E-state index contributed by atoms with van der Waals surface area (Å²) in [4.78, 5) is 23.6. The minimum Gasteiger partial charge on any atom is -0.481 e. The first-order valence-electron chi connectivity index (χ1n) is 4.65. The molecule has 0 radical (unpaired) electrons. The number of carboxylic acid groups (broad SMARTS) is 1. The van der Waals surface area contributed by atoms with Crippen molar-refractivity contribution >= 4 is 11.9 Å². The fourth-order valence-corrected chi connectivity index (χ4v) is 1.91. The standard InChI is InChI=1S/C9H13NO4/c1-9(14)3-10(4-9)7(11)5-2-6(5)8(12)13/h5-6,14H,2-4H2,1H3,(H,12,13). The number of amides is 1. The van der Waals surface area contributed by atoms with Crippen LogP contribution < -0.4 is 0 Å². The molecule has 2 rings (SSSR count). The van der Waals surface area contributed by atoms with Gasteiger partial charge in [-0.25, -0.2) is 0 Å². The molecular formula is C9H13NO4. The van der Waals surface area contributed by atoms with Gasteiger partial charge in [0, 0.05) is 0 Å². The third-order valence-corrected chi connectivity index (χ3v) is 2.80. The van der Waals surface area contributed by atoms with E-state index in [1.54, 1.807) is 6.92 Å². The molecule has 0 aromatic rings. The Hall–Kier alpha value is -1.10. The van der Waals surface area contributed by atoms with Crippen molar-refractivity contribution in [3.05, 3.63) is 0 Å². The number of aliphatic carboxylic acids is 1. The minimum atomic E-state index is -0.893. The minimum absolute atomic E-state index is 0.121. The van der Waals surface area contributed by atoms with Gasteiger partial charge in [-0.1, -0.05) is 0 Å². The van der Waals surface area contributed by atoms with Crippen LogP contribution in [0.2, 0.25) is 0 Å². The van der Waals surface area contributed by atoms with E-state index in [-0.39, 0.29) is 11.8 Å². The van der Waals surface area contributed by atoms with Crippen molar-refractivity contribution in [3.8, 4) is 0 Å². The van der Waals surface area contributed by atoms with Gasteiger partial charge in [-0.05, 0) is 13.3 Å². The molecule has 5 nitrogen and oxygen atoms in total. The first kappa shape index (κ1) is 9.45. The Kier molecular flexibility index (Phi) is 1.82. The van der Waals surface area contributed by atoms with E-state index in [4.69, 9.17) is 5.11 Å². The normalized spacial score (nSPS) is 33.4. The van der Waals surface area contributed by atoms with Crippen molar-refractivity contribution in [1.82, 2.24) is 4.90 Å². The summed E-state index contributed by atoms with van der Waals surface area (Å²) in [6.07, 6.45) is 0.451. The van der Waals surface area contributed by atoms with Gasteiger partial charge in [0.15, 0.2) is 0 Å². The lowest BCUT2D eigenvalue weighted by molar-refractivity contribution is -0.155. The summed E-state index contributed by atoms with van der Waals surface area (Å²) in [6.45, 7) is 2.32. The van der Waals surface area contributed by atoms with E-state index < -0.39 is 17.5 Å². The van der Waals surface area contributed by atoms with E-state index in [1.807, 2.05) is 0 Å². The van der Waals surface area contributed by atoms with Crippen molar-refractivity contribution in [3.63, 3.8) is 0 Å². The highest BCUT2D eigenvalue weighted by molar-refractivity contribution is 5.90. The molecule has 1 amide bonds. The van der Waals surface area contributed by atoms with Gasteiger partial charge in [-0.3, -0.25) is 9.59 Å². The molecule has 0 aromatic heterocycles. The molecule has 78 valence electrons. The van der Waals surface area contributed by atoms with E-state index in [9.17, 15) is 14.7 Å². The number of likely N-dealkylation sites (tertiary alicyclic amines) is 1. The van der Waals surface area contributed by atoms with Gasteiger partial charge in [-0.2, -0.15) is 0 Å². The molecule has 1 saturated heterocycles. The van der Waals surface area contributed by atoms with Crippen LogP contribution in [0.5, 0.6) is 0 Å². The molecular weight excluding hydrogens is 186 g/mol. The molecule has 1 aliphatic carbocycles. The summed E-state index contributed by atoms with van der Waals surface area (Å²) in [6, 6.07) is 0. The van der Waals surface area contributed by atoms with Crippen molar-refractivity contribution in [2.24, 2.45) is 11.8 Å². The molecule has 1 heterocycles. The van der Waals surface area contributed by atoms with Gasteiger partial charge in [0.2, 0.25) is 5.91 Å². The number of carbonyl (C=O) groups is 2. The van der Waals surface area contributed by atoms with E-state index in [0.717, 1.165) is 0 Å². The fraction of sp³-hybridized carbons (Fsp3) is 0.778. The Labute approximate surface area is 81.3 Å². The number of carbonyl (C=O) groups excluding carboxylic acids is 1. The van der Waals surface area contributed by atoms with Gasteiger partial charge >= 0.3 is 5.97 Å². The number of hydrogen-bond acceptors (Lipinski definition) is 3. The number of aliphatic hydroxyl groups is 1. The lowest BCUT2D eigenvalue weighted by Crippen LogP contribution is -2.62. The lowest BCUT2D eigenvalue weighted by atomic mass is 9.96. The highest BCUT2D eigenvalue weighted by Gasteiger charge is 2.52. The van der Waals surface area contributed by atoms with Gasteiger partial charge < -0.3 is 15.1 Å². The van der Waals surface area contributed by atoms with Crippen molar-refractivity contribution in [2.45, 2.75) is 18.9 Å². The molecule has 1 aliphatic heterocycles. The molecule has 1 saturated carbocycles. The topological polar surface area (TPSA) is 77.8 Å². The van der Waals surface area contributed by atoms with Crippen LogP contribution in [-0.4, -0.2) is 45.7 Å². The van der Waals surface area contributed by atoms with Crippen LogP contribution >= 0.6 is 0 Å². The fourth-order valence-electron chi connectivity index (χ4n) is 1.91. The Morgan fingerprint density at radius 3 is 2.29 bits per heavy atom. The summed E-state index contributed by atoms with van der Waals surface area (Å²) >= 11 is 0. The second-order valence-electron chi connectivity index (χ2n) is 4.48. The smallest absolute Gasteiger partial charge is 0.307 e. The second kappa shape index (κ2) is 2.70. The van der Waals surface area contributed by atoms with E-state index in [2.05, 4.69) is 0 Å². The number of carboxylic acids is 1. The van der Waals surface area contributed by atoms with Crippen LogP contribution in [0.15, 0.2) is 0 Å². The third-order valence-electron chi connectivity index (χ3n) is 2.80.